The summed E-state index contributed by atoms with van der Waals surface area (Å²) < 4.78 is 7.26. The fourth-order valence-corrected chi connectivity index (χ4v) is 4.53. The first-order chi connectivity index (χ1) is 16.0. The molecule has 1 amide bonds. The Hall–Kier alpha value is -3.31. The van der Waals surface area contributed by atoms with Gasteiger partial charge >= 0.3 is 0 Å². The highest BCUT2D eigenvalue weighted by Gasteiger charge is 2.16. The predicted molar refractivity (Wildman–Crippen MR) is 132 cm³/mol. The molecule has 2 N–H and O–H groups in total. The van der Waals surface area contributed by atoms with Crippen molar-refractivity contribution in [2.45, 2.75) is 0 Å². The fourth-order valence-electron chi connectivity index (χ4n) is 2.99. The minimum Gasteiger partial charge on any atom is -0.451 e. The van der Waals surface area contributed by atoms with Crippen molar-refractivity contribution < 1.29 is 9.21 Å². The number of furan rings is 1. The van der Waals surface area contributed by atoms with Crippen LogP contribution in [0.1, 0.15) is 10.6 Å². The molecule has 0 atom stereocenters. The van der Waals surface area contributed by atoms with E-state index in [2.05, 4.69) is 25.9 Å². The summed E-state index contributed by atoms with van der Waals surface area (Å²) in [6.07, 6.45) is 1.55. The van der Waals surface area contributed by atoms with E-state index in [0.29, 0.717) is 27.1 Å². The molecule has 5 rings (SSSR count). The number of rotatable bonds is 4. The molecule has 0 spiro atoms. The highest BCUT2D eigenvalue weighted by atomic mass is 35.5. The Bertz CT molecular complexity index is 1460. The summed E-state index contributed by atoms with van der Waals surface area (Å²) in [7, 11) is 0. The van der Waals surface area contributed by atoms with Crippen molar-refractivity contribution in [3.05, 3.63) is 76.7 Å². The van der Waals surface area contributed by atoms with Crippen LogP contribution in [0.3, 0.4) is 0 Å². The maximum absolute atomic E-state index is 12.5. The maximum Gasteiger partial charge on any atom is 0.293 e. The quantitative estimate of drug-likeness (QED) is 0.303. The SMILES string of the molecule is O=C(NC(=S)Nc1ccc(-c2nn3cnnc3s2)cc1)c1ccc(-c2ccc(Cl)cc2Cl)o1. The number of nitrogens with one attached hydrogen (secondary N) is 2. The second kappa shape index (κ2) is 8.91. The van der Waals surface area contributed by atoms with Gasteiger partial charge < -0.3 is 9.73 Å². The number of amides is 1. The lowest BCUT2D eigenvalue weighted by Crippen LogP contribution is -2.33. The van der Waals surface area contributed by atoms with Crippen molar-refractivity contribution >= 4 is 68.4 Å². The first kappa shape index (κ1) is 21.5. The Morgan fingerprint density at radius 2 is 1.91 bits per heavy atom. The zero-order valence-electron chi connectivity index (χ0n) is 16.5. The van der Waals surface area contributed by atoms with Crippen LogP contribution < -0.4 is 10.6 Å². The third-order valence-electron chi connectivity index (χ3n) is 4.53. The monoisotopic (exact) mass is 514 g/mol. The average molecular weight is 515 g/mol. The van der Waals surface area contributed by atoms with Gasteiger partial charge in [-0.1, -0.05) is 34.5 Å². The number of aromatic nitrogens is 4. The Morgan fingerprint density at radius 1 is 1.09 bits per heavy atom. The maximum atomic E-state index is 12.5. The van der Waals surface area contributed by atoms with E-state index in [1.54, 1.807) is 41.2 Å². The summed E-state index contributed by atoms with van der Waals surface area (Å²) in [5.74, 6) is 0.0562. The van der Waals surface area contributed by atoms with E-state index >= 15 is 0 Å². The van der Waals surface area contributed by atoms with Gasteiger partial charge in [-0.25, -0.2) is 0 Å². The second-order valence-electron chi connectivity index (χ2n) is 6.74. The van der Waals surface area contributed by atoms with Gasteiger partial charge in [0.15, 0.2) is 10.9 Å². The van der Waals surface area contributed by atoms with Gasteiger partial charge in [0.1, 0.15) is 17.1 Å². The molecule has 0 bridgehead atoms. The molecule has 5 aromatic rings. The first-order valence-corrected chi connectivity index (χ1v) is 11.4. The van der Waals surface area contributed by atoms with Gasteiger partial charge in [0, 0.05) is 21.8 Å². The van der Waals surface area contributed by atoms with E-state index in [0.717, 1.165) is 15.5 Å². The van der Waals surface area contributed by atoms with E-state index in [1.807, 2.05) is 24.3 Å². The lowest BCUT2D eigenvalue weighted by Gasteiger charge is -2.09. The number of anilines is 1. The molecule has 0 saturated carbocycles. The molecular formula is C21H12Cl2N6O2S2. The number of carbonyl (C=O) groups excluding carboxylic acids is 1. The lowest BCUT2D eigenvalue weighted by atomic mass is 10.2. The summed E-state index contributed by atoms with van der Waals surface area (Å²) in [4.78, 5) is 13.2. The molecule has 12 heteroatoms. The minimum atomic E-state index is -0.486. The summed E-state index contributed by atoms with van der Waals surface area (Å²) in [5.41, 5.74) is 2.26. The normalized spacial score (nSPS) is 11.0. The van der Waals surface area contributed by atoms with Gasteiger partial charge in [-0.2, -0.15) is 9.61 Å². The molecule has 3 heterocycles. The molecule has 0 aliphatic heterocycles. The number of fused-ring (bicyclic) bond motifs is 1. The number of halogens is 2. The van der Waals surface area contributed by atoms with Crippen LogP contribution in [0.5, 0.6) is 0 Å². The first-order valence-electron chi connectivity index (χ1n) is 9.41. The summed E-state index contributed by atoms with van der Waals surface area (Å²) >= 11 is 18.8. The summed E-state index contributed by atoms with van der Waals surface area (Å²) in [6, 6.07) is 15.7. The van der Waals surface area contributed by atoms with Crippen LogP contribution in [0.15, 0.2) is 65.3 Å². The molecular weight excluding hydrogens is 503 g/mol. The molecule has 0 radical (unpaired) electrons. The van der Waals surface area contributed by atoms with E-state index < -0.39 is 5.91 Å². The lowest BCUT2D eigenvalue weighted by molar-refractivity contribution is 0.0951. The molecule has 0 unspecified atom stereocenters. The van der Waals surface area contributed by atoms with Gasteiger partial charge in [-0.15, -0.1) is 10.2 Å². The minimum absolute atomic E-state index is 0.0961. The van der Waals surface area contributed by atoms with E-state index in [-0.39, 0.29) is 10.9 Å². The number of hydrogen-bond donors (Lipinski definition) is 2. The van der Waals surface area contributed by atoms with E-state index in [1.165, 1.54) is 11.3 Å². The van der Waals surface area contributed by atoms with Crippen molar-refractivity contribution in [2.24, 2.45) is 0 Å². The summed E-state index contributed by atoms with van der Waals surface area (Å²) in [5, 5.41) is 19.7. The third kappa shape index (κ3) is 4.60. The Labute approximate surface area is 206 Å². The van der Waals surface area contributed by atoms with Crippen LogP contribution in [-0.2, 0) is 0 Å². The van der Waals surface area contributed by atoms with Crippen LogP contribution in [0.2, 0.25) is 10.0 Å². The zero-order valence-corrected chi connectivity index (χ0v) is 19.6. The summed E-state index contributed by atoms with van der Waals surface area (Å²) in [6.45, 7) is 0. The molecule has 164 valence electrons. The van der Waals surface area contributed by atoms with Gasteiger partial charge in [0.2, 0.25) is 4.96 Å². The van der Waals surface area contributed by atoms with Crippen molar-refractivity contribution in [2.75, 3.05) is 5.32 Å². The molecule has 8 nitrogen and oxygen atoms in total. The number of carbonyl (C=O) groups is 1. The van der Waals surface area contributed by atoms with Crippen LogP contribution in [0.25, 0.3) is 26.9 Å². The topological polar surface area (TPSA) is 97.4 Å². The fraction of sp³-hybridized carbons (Fsp3) is 0. The van der Waals surface area contributed by atoms with Crippen molar-refractivity contribution in [3.8, 4) is 21.9 Å². The van der Waals surface area contributed by atoms with Gasteiger partial charge in [0.25, 0.3) is 5.91 Å². The van der Waals surface area contributed by atoms with Crippen molar-refractivity contribution in [1.82, 2.24) is 25.1 Å². The molecule has 0 fully saturated rings. The Balaban J connectivity index is 1.22. The van der Waals surface area contributed by atoms with Gasteiger partial charge in [0.05, 0.1) is 5.02 Å². The average Bonchev–Trinajstić information content (AvgIpc) is 3.51. The zero-order chi connectivity index (χ0) is 22.9. The van der Waals surface area contributed by atoms with Crippen LogP contribution in [-0.4, -0.2) is 30.8 Å². The van der Waals surface area contributed by atoms with Crippen molar-refractivity contribution in [3.63, 3.8) is 0 Å². The van der Waals surface area contributed by atoms with Gasteiger partial charge in [-0.3, -0.25) is 10.1 Å². The molecule has 33 heavy (non-hydrogen) atoms. The number of thiocarbonyl (C=S) groups is 1. The van der Waals surface area contributed by atoms with Crippen LogP contribution in [0.4, 0.5) is 5.69 Å². The molecule has 3 aromatic heterocycles. The predicted octanol–water partition coefficient (Wildman–Crippen LogP) is 5.55. The molecule has 2 aromatic carbocycles. The van der Waals surface area contributed by atoms with Crippen molar-refractivity contribution in [1.29, 1.82) is 0 Å². The molecule has 0 saturated heterocycles. The molecule has 0 aliphatic carbocycles. The highest BCUT2D eigenvalue weighted by Crippen LogP contribution is 2.31. The number of nitrogens with zero attached hydrogens (tertiary/aromatic N) is 4. The number of hydrogen-bond acceptors (Lipinski definition) is 7. The molecule has 0 aliphatic rings. The largest absolute Gasteiger partial charge is 0.451 e. The van der Waals surface area contributed by atoms with E-state index in [4.69, 9.17) is 39.8 Å². The smallest absolute Gasteiger partial charge is 0.293 e. The highest BCUT2D eigenvalue weighted by molar-refractivity contribution is 7.80. The van der Waals surface area contributed by atoms with Gasteiger partial charge in [-0.05, 0) is 66.8 Å². The van der Waals surface area contributed by atoms with Crippen LogP contribution >= 0.6 is 46.8 Å². The van der Waals surface area contributed by atoms with E-state index in [9.17, 15) is 4.79 Å². The Kier molecular flexibility index (Phi) is 5.81. The second-order valence-corrected chi connectivity index (χ2v) is 8.95. The third-order valence-corrected chi connectivity index (χ3v) is 6.24. The number of benzene rings is 2. The standard InChI is InChI=1S/C21H12Cl2N6O2S2/c22-12-3-6-14(15(23)9-12)16-7-8-17(31-16)18(30)26-20(32)25-13-4-1-11(2-5-13)19-28-29-10-24-27-21(29)33-19/h1-10H,(H2,25,26,30,32). The van der Waals surface area contributed by atoms with Crippen LogP contribution in [0, 0.1) is 0 Å². The Morgan fingerprint density at radius 3 is 2.67 bits per heavy atom.